The Bertz CT molecular complexity index is 1070. The topological polar surface area (TPSA) is 85.2 Å². The minimum atomic E-state index is -0.343. The molecule has 7 nitrogen and oxygen atoms in total. The normalized spacial score (nSPS) is 11.1. The highest BCUT2D eigenvalue weighted by atomic mass is 32.2. The number of halogens is 1. The molecule has 4 aromatic rings. The average Bonchev–Trinajstić information content (AvgIpc) is 3.30. The van der Waals surface area contributed by atoms with Crippen molar-refractivity contribution in [3.8, 4) is 17.1 Å². The molecule has 0 aliphatic heterocycles. The van der Waals surface area contributed by atoms with Crippen molar-refractivity contribution >= 4 is 11.8 Å². The van der Waals surface area contributed by atoms with Crippen molar-refractivity contribution in [1.29, 1.82) is 0 Å². The molecule has 0 bridgehead atoms. The third kappa shape index (κ3) is 3.45. The quantitative estimate of drug-likeness (QED) is 0.533. The fraction of sp³-hybridized carbons (Fsp3) is 0.167. The number of aryl methyl sites for hydroxylation is 2. The van der Waals surface area contributed by atoms with Gasteiger partial charge in [-0.25, -0.2) is 9.37 Å². The highest BCUT2D eigenvalue weighted by molar-refractivity contribution is 7.98. The maximum atomic E-state index is 13.9. The van der Waals surface area contributed by atoms with Gasteiger partial charge >= 0.3 is 0 Å². The van der Waals surface area contributed by atoms with Gasteiger partial charge in [0.05, 0.1) is 17.0 Å². The maximum Gasteiger partial charge on any atom is 0.209 e. The first-order valence-electron chi connectivity index (χ1n) is 8.27. The summed E-state index contributed by atoms with van der Waals surface area (Å²) in [6.07, 6.45) is 0. The summed E-state index contributed by atoms with van der Waals surface area (Å²) in [6.45, 7) is 4.05. The summed E-state index contributed by atoms with van der Waals surface area (Å²) < 4.78 is 15.6. The zero-order valence-electron chi connectivity index (χ0n) is 14.7. The summed E-state index contributed by atoms with van der Waals surface area (Å²) in [5.41, 5.74) is 3.54. The molecule has 1 N–H and O–H groups in total. The molecule has 2 heterocycles. The SMILES string of the molecule is Cc1cccc(C)c1-n1nnnc1CSc1n[nH]c(-c2ccccc2F)n1. The number of para-hydroxylation sites is 1. The second-order valence-electron chi connectivity index (χ2n) is 5.98. The van der Waals surface area contributed by atoms with E-state index in [1.807, 2.05) is 32.0 Å². The Morgan fingerprint density at radius 1 is 1.07 bits per heavy atom. The lowest BCUT2D eigenvalue weighted by Crippen LogP contribution is -2.06. The number of aromatic amines is 1. The van der Waals surface area contributed by atoms with Crippen LogP contribution in [0.5, 0.6) is 0 Å². The third-order valence-corrected chi connectivity index (χ3v) is 4.95. The Morgan fingerprint density at radius 2 is 1.85 bits per heavy atom. The first kappa shape index (κ1) is 17.3. The summed E-state index contributed by atoms with van der Waals surface area (Å²) in [7, 11) is 0. The standard InChI is InChI=1S/C18H16FN7S/c1-11-6-5-7-12(2)16(11)26-15(21-24-25-26)10-27-18-20-17(22-23-18)13-8-3-4-9-14(13)19/h3-9H,10H2,1-2H3,(H,20,22,23). The van der Waals surface area contributed by atoms with E-state index in [2.05, 4.69) is 30.7 Å². The van der Waals surface area contributed by atoms with Crippen molar-refractivity contribution in [1.82, 2.24) is 35.4 Å². The van der Waals surface area contributed by atoms with Crippen LogP contribution < -0.4 is 0 Å². The van der Waals surface area contributed by atoms with E-state index >= 15 is 0 Å². The van der Waals surface area contributed by atoms with E-state index in [1.54, 1.807) is 22.9 Å². The third-order valence-electron chi connectivity index (χ3n) is 4.11. The molecule has 0 saturated heterocycles. The zero-order chi connectivity index (χ0) is 18.8. The van der Waals surface area contributed by atoms with Gasteiger partial charge in [0, 0.05) is 0 Å². The lowest BCUT2D eigenvalue weighted by Gasteiger charge is -2.10. The van der Waals surface area contributed by atoms with Crippen molar-refractivity contribution in [2.75, 3.05) is 0 Å². The Kier molecular flexibility index (Phi) is 4.68. The van der Waals surface area contributed by atoms with Crippen LogP contribution in [0.15, 0.2) is 47.6 Å². The van der Waals surface area contributed by atoms with E-state index in [-0.39, 0.29) is 5.82 Å². The van der Waals surface area contributed by atoms with Gasteiger partial charge in [0.2, 0.25) is 5.16 Å². The molecule has 2 aromatic carbocycles. The lowest BCUT2D eigenvalue weighted by molar-refractivity contribution is 0.630. The van der Waals surface area contributed by atoms with Crippen molar-refractivity contribution in [2.45, 2.75) is 24.8 Å². The molecule has 0 aliphatic rings. The summed E-state index contributed by atoms with van der Waals surface area (Å²) in [5.74, 6) is 1.22. The molecular weight excluding hydrogens is 365 g/mol. The molecule has 0 saturated carbocycles. The summed E-state index contributed by atoms with van der Waals surface area (Å²) >= 11 is 1.38. The average molecular weight is 381 g/mol. The van der Waals surface area contributed by atoms with Gasteiger partial charge in [-0.1, -0.05) is 42.1 Å². The van der Waals surface area contributed by atoms with E-state index in [0.717, 1.165) is 16.8 Å². The smallest absolute Gasteiger partial charge is 0.209 e. The lowest BCUT2D eigenvalue weighted by atomic mass is 10.1. The number of H-pyrrole nitrogens is 1. The van der Waals surface area contributed by atoms with Crippen LogP contribution in [0, 0.1) is 19.7 Å². The minimum Gasteiger partial charge on any atom is -0.258 e. The maximum absolute atomic E-state index is 13.9. The second-order valence-corrected chi connectivity index (χ2v) is 6.92. The van der Waals surface area contributed by atoms with Gasteiger partial charge in [-0.05, 0) is 47.5 Å². The molecule has 0 unspecified atom stereocenters. The number of hydrogen-bond donors (Lipinski definition) is 1. The van der Waals surface area contributed by atoms with E-state index in [0.29, 0.717) is 28.1 Å². The zero-order valence-corrected chi connectivity index (χ0v) is 15.5. The highest BCUT2D eigenvalue weighted by Gasteiger charge is 2.15. The molecule has 0 amide bonds. The first-order chi connectivity index (χ1) is 13.1. The predicted octanol–water partition coefficient (Wildman–Crippen LogP) is 3.50. The summed E-state index contributed by atoms with van der Waals surface area (Å²) in [4.78, 5) is 4.36. The number of tetrazole rings is 1. The molecule has 0 atom stereocenters. The summed E-state index contributed by atoms with van der Waals surface area (Å²) in [5, 5.41) is 19.5. The van der Waals surface area contributed by atoms with Crippen LogP contribution in [0.25, 0.3) is 17.1 Å². The Balaban J connectivity index is 1.55. The van der Waals surface area contributed by atoms with E-state index < -0.39 is 0 Å². The van der Waals surface area contributed by atoms with Gasteiger partial charge in [-0.15, -0.1) is 10.2 Å². The molecule has 0 spiro atoms. The van der Waals surface area contributed by atoms with Crippen LogP contribution in [0.1, 0.15) is 17.0 Å². The number of rotatable bonds is 5. The Hall–Kier alpha value is -3.07. The van der Waals surface area contributed by atoms with Crippen LogP contribution in [0.3, 0.4) is 0 Å². The van der Waals surface area contributed by atoms with Crippen LogP contribution in [-0.4, -0.2) is 35.4 Å². The Morgan fingerprint density at radius 3 is 2.63 bits per heavy atom. The molecule has 4 rings (SSSR count). The van der Waals surface area contributed by atoms with Gasteiger partial charge in [0.25, 0.3) is 0 Å². The van der Waals surface area contributed by atoms with E-state index in [1.165, 1.54) is 17.8 Å². The minimum absolute atomic E-state index is 0.343. The number of nitrogens with zero attached hydrogens (tertiary/aromatic N) is 6. The molecule has 0 fully saturated rings. The number of benzene rings is 2. The monoisotopic (exact) mass is 381 g/mol. The number of aromatic nitrogens is 7. The molecule has 9 heteroatoms. The first-order valence-corrected chi connectivity index (χ1v) is 9.26. The number of hydrogen-bond acceptors (Lipinski definition) is 6. The predicted molar refractivity (Wildman–Crippen MR) is 100.0 cm³/mol. The van der Waals surface area contributed by atoms with Crippen LogP contribution >= 0.6 is 11.8 Å². The van der Waals surface area contributed by atoms with E-state index in [4.69, 9.17) is 0 Å². The number of thioether (sulfide) groups is 1. The largest absolute Gasteiger partial charge is 0.258 e. The van der Waals surface area contributed by atoms with Gasteiger partial charge in [0.15, 0.2) is 11.6 Å². The molecule has 27 heavy (non-hydrogen) atoms. The second kappa shape index (κ2) is 7.28. The van der Waals surface area contributed by atoms with Crippen molar-refractivity contribution < 1.29 is 4.39 Å². The fourth-order valence-electron chi connectivity index (χ4n) is 2.82. The van der Waals surface area contributed by atoms with Crippen LogP contribution in [-0.2, 0) is 5.75 Å². The van der Waals surface area contributed by atoms with Crippen molar-refractivity contribution in [3.63, 3.8) is 0 Å². The molecular formula is C18H16FN7S. The molecule has 0 radical (unpaired) electrons. The van der Waals surface area contributed by atoms with Gasteiger partial charge in [-0.2, -0.15) is 4.68 Å². The van der Waals surface area contributed by atoms with E-state index in [9.17, 15) is 4.39 Å². The highest BCUT2D eigenvalue weighted by Crippen LogP contribution is 2.25. The fourth-order valence-corrected chi connectivity index (χ4v) is 3.53. The van der Waals surface area contributed by atoms with Crippen molar-refractivity contribution in [3.05, 3.63) is 65.2 Å². The number of nitrogens with one attached hydrogen (secondary N) is 1. The van der Waals surface area contributed by atoms with Crippen LogP contribution in [0.2, 0.25) is 0 Å². The summed E-state index contributed by atoms with van der Waals surface area (Å²) in [6, 6.07) is 12.5. The molecule has 2 aromatic heterocycles. The molecule has 136 valence electrons. The van der Waals surface area contributed by atoms with Crippen molar-refractivity contribution in [2.24, 2.45) is 0 Å². The van der Waals surface area contributed by atoms with Gasteiger partial charge < -0.3 is 0 Å². The Labute approximate surface area is 159 Å². The van der Waals surface area contributed by atoms with Gasteiger partial charge in [-0.3, -0.25) is 5.10 Å². The van der Waals surface area contributed by atoms with Crippen LogP contribution in [0.4, 0.5) is 4.39 Å². The molecule has 0 aliphatic carbocycles. The van der Waals surface area contributed by atoms with Gasteiger partial charge in [0.1, 0.15) is 5.82 Å².